The molecule has 5 nitrogen and oxygen atoms in total. The Hall–Kier alpha value is -2.99. The average molecular weight is 382 g/mol. The highest BCUT2D eigenvalue weighted by Gasteiger charge is 2.19. The van der Waals surface area contributed by atoms with Gasteiger partial charge >= 0.3 is 0 Å². The van der Waals surface area contributed by atoms with Gasteiger partial charge in [-0.25, -0.2) is 4.39 Å². The molecule has 2 N–H and O–H groups in total. The van der Waals surface area contributed by atoms with E-state index in [4.69, 9.17) is 5.73 Å². The fourth-order valence-corrected chi connectivity index (χ4v) is 2.67. The first-order chi connectivity index (χ1) is 13.4. The number of nitrogens with two attached hydrogens (primary N) is 1. The fraction of sp³-hybridized carbons (Fsp3) is 0.273. The van der Waals surface area contributed by atoms with Gasteiger partial charge in [0, 0.05) is 35.3 Å². The number of carbonyl (C=O) groups is 1. The molecule has 2 aromatic rings. The number of benzene rings is 2. The number of hydrogen-bond acceptors (Lipinski definition) is 5. The lowest BCUT2D eigenvalue weighted by Gasteiger charge is -2.18. The molecule has 0 aromatic heterocycles. The summed E-state index contributed by atoms with van der Waals surface area (Å²) < 4.78 is 13.1. The van der Waals surface area contributed by atoms with E-state index in [9.17, 15) is 9.18 Å². The van der Waals surface area contributed by atoms with Gasteiger partial charge in [-0.05, 0) is 51.0 Å². The van der Waals surface area contributed by atoms with Crippen molar-refractivity contribution in [3.63, 3.8) is 0 Å². The van der Waals surface area contributed by atoms with Crippen LogP contribution < -0.4 is 10.6 Å². The van der Waals surface area contributed by atoms with Crippen LogP contribution in [-0.2, 0) is 6.54 Å². The van der Waals surface area contributed by atoms with Crippen LogP contribution in [0.1, 0.15) is 15.9 Å². The van der Waals surface area contributed by atoms with E-state index in [1.165, 1.54) is 12.1 Å². The van der Waals surface area contributed by atoms with Gasteiger partial charge < -0.3 is 15.5 Å². The first kappa shape index (κ1) is 21.3. The van der Waals surface area contributed by atoms with E-state index in [2.05, 4.69) is 9.89 Å². The molecule has 0 saturated carbocycles. The zero-order chi connectivity index (χ0) is 20.5. The number of carbonyl (C=O) groups excluding carboxylic acids is 1. The fourth-order valence-electron chi connectivity index (χ4n) is 2.67. The summed E-state index contributed by atoms with van der Waals surface area (Å²) in [5, 5.41) is 0. The first-order valence-electron chi connectivity index (χ1n) is 9.02. The van der Waals surface area contributed by atoms with Crippen LogP contribution in [0.15, 0.2) is 64.8 Å². The van der Waals surface area contributed by atoms with Gasteiger partial charge in [-0.3, -0.25) is 9.79 Å². The van der Waals surface area contributed by atoms with E-state index in [0.717, 1.165) is 28.8 Å². The minimum absolute atomic E-state index is 0.261. The maximum absolute atomic E-state index is 13.1. The molecule has 1 heterocycles. The van der Waals surface area contributed by atoms with Crippen LogP contribution in [0.2, 0.25) is 0 Å². The van der Waals surface area contributed by atoms with Gasteiger partial charge in [0.15, 0.2) is 0 Å². The summed E-state index contributed by atoms with van der Waals surface area (Å²) in [6.07, 6.45) is 2.58. The molecule has 6 heteroatoms. The molecule has 0 amide bonds. The summed E-state index contributed by atoms with van der Waals surface area (Å²) in [5.74, 6) is -0.261. The molecule has 2 aromatic carbocycles. The molecule has 3 rings (SSSR count). The Morgan fingerprint density at radius 2 is 1.86 bits per heavy atom. The highest BCUT2D eigenvalue weighted by Crippen LogP contribution is 2.22. The van der Waals surface area contributed by atoms with Crippen molar-refractivity contribution in [2.75, 3.05) is 39.1 Å². The van der Waals surface area contributed by atoms with Gasteiger partial charge in [-0.1, -0.05) is 24.3 Å². The molecule has 0 fully saturated rings. The Bertz CT molecular complexity index is 858. The van der Waals surface area contributed by atoms with Gasteiger partial charge in [0.25, 0.3) is 0 Å². The smallest absolute Gasteiger partial charge is 0.150 e. The van der Waals surface area contributed by atoms with Crippen molar-refractivity contribution in [1.82, 2.24) is 4.90 Å². The molecule has 0 aliphatic carbocycles. The number of aldehydes is 1. The van der Waals surface area contributed by atoms with E-state index in [1.807, 2.05) is 50.3 Å². The monoisotopic (exact) mass is 382 g/mol. The minimum Gasteiger partial charge on any atom is -0.400 e. The molecule has 0 saturated heterocycles. The van der Waals surface area contributed by atoms with Crippen molar-refractivity contribution < 1.29 is 9.18 Å². The van der Waals surface area contributed by atoms with E-state index in [0.29, 0.717) is 25.2 Å². The maximum atomic E-state index is 13.1. The third-order valence-corrected chi connectivity index (χ3v) is 3.92. The minimum atomic E-state index is -0.261. The number of hydrogen-bond donors (Lipinski definition) is 1. The second-order valence-electron chi connectivity index (χ2n) is 7.06. The van der Waals surface area contributed by atoms with E-state index >= 15 is 0 Å². The van der Waals surface area contributed by atoms with Crippen LogP contribution in [0, 0.1) is 5.82 Å². The summed E-state index contributed by atoms with van der Waals surface area (Å²) >= 11 is 0. The maximum Gasteiger partial charge on any atom is 0.150 e. The second-order valence-corrected chi connectivity index (χ2v) is 7.06. The van der Waals surface area contributed by atoms with Crippen LogP contribution in [0.25, 0.3) is 0 Å². The van der Waals surface area contributed by atoms with E-state index in [-0.39, 0.29) is 5.82 Å². The molecular weight excluding hydrogens is 355 g/mol. The number of rotatable bonds is 5. The summed E-state index contributed by atoms with van der Waals surface area (Å²) in [6.45, 7) is 1.65. The Morgan fingerprint density at radius 3 is 2.54 bits per heavy atom. The van der Waals surface area contributed by atoms with Crippen molar-refractivity contribution in [2.24, 2.45) is 10.7 Å². The average Bonchev–Trinajstić information content (AvgIpc) is 3.02. The normalized spacial score (nSPS) is 13.8. The lowest BCUT2D eigenvalue weighted by Crippen LogP contribution is -2.21. The molecular formula is C22H27FN4O. The van der Waals surface area contributed by atoms with E-state index in [1.54, 1.807) is 18.3 Å². The summed E-state index contributed by atoms with van der Waals surface area (Å²) in [5.41, 5.74) is 10.2. The predicted molar refractivity (Wildman–Crippen MR) is 113 cm³/mol. The Balaban J connectivity index is 0.000000640. The molecule has 0 unspecified atom stereocenters. The van der Waals surface area contributed by atoms with Crippen LogP contribution in [0.5, 0.6) is 0 Å². The lowest BCUT2D eigenvalue weighted by atomic mass is 10.2. The van der Waals surface area contributed by atoms with Crippen molar-refractivity contribution in [3.8, 4) is 0 Å². The predicted octanol–water partition coefficient (Wildman–Crippen LogP) is 3.12. The number of anilines is 1. The molecule has 28 heavy (non-hydrogen) atoms. The van der Waals surface area contributed by atoms with E-state index < -0.39 is 0 Å². The Labute approximate surface area is 166 Å². The van der Waals surface area contributed by atoms with Gasteiger partial charge in [-0.15, -0.1) is 0 Å². The van der Waals surface area contributed by atoms with Crippen LogP contribution in [-0.4, -0.2) is 51.6 Å². The third-order valence-electron chi connectivity index (χ3n) is 3.92. The SMILES string of the molecule is CN(C)C.NC1=C(C=NCc2cccc(F)c2)CN(c2cccc(C=O)c2)C1. The second kappa shape index (κ2) is 10.4. The quantitative estimate of drug-likeness (QED) is 0.638. The van der Waals surface area contributed by atoms with Gasteiger partial charge in [0.1, 0.15) is 12.1 Å². The Kier molecular flexibility index (Phi) is 7.89. The summed E-state index contributed by atoms with van der Waals surface area (Å²) in [6, 6.07) is 13.8. The van der Waals surface area contributed by atoms with Crippen molar-refractivity contribution >= 4 is 18.2 Å². The number of aliphatic imine (C=N–C) groups is 1. The molecule has 148 valence electrons. The van der Waals surface area contributed by atoms with Crippen molar-refractivity contribution in [2.45, 2.75) is 6.54 Å². The lowest BCUT2D eigenvalue weighted by molar-refractivity contribution is 0.112. The van der Waals surface area contributed by atoms with Crippen molar-refractivity contribution in [3.05, 3.63) is 76.7 Å². The molecule has 1 aliphatic heterocycles. The number of halogens is 1. The van der Waals surface area contributed by atoms with Gasteiger partial charge in [0.2, 0.25) is 0 Å². The van der Waals surface area contributed by atoms with Gasteiger partial charge in [-0.2, -0.15) is 0 Å². The zero-order valence-corrected chi connectivity index (χ0v) is 16.6. The highest BCUT2D eigenvalue weighted by atomic mass is 19.1. The summed E-state index contributed by atoms with van der Waals surface area (Å²) in [4.78, 5) is 19.4. The van der Waals surface area contributed by atoms with Crippen LogP contribution in [0.3, 0.4) is 0 Å². The molecule has 0 atom stereocenters. The zero-order valence-electron chi connectivity index (χ0n) is 16.6. The molecule has 0 bridgehead atoms. The number of nitrogens with zero attached hydrogens (tertiary/aromatic N) is 3. The standard InChI is InChI=1S/C19H18FN3O.C3H9N/c20-17-5-1-3-14(7-17)9-22-10-16-11-23(12-19(16)21)18-6-2-4-15(8-18)13-24;1-4(2)3/h1-8,10,13H,9,11-12,21H2;1-3H3. The largest absolute Gasteiger partial charge is 0.400 e. The molecule has 1 aliphatic rings. The summed E-state index contributed by atoms with van der Waals surface area (Å²) in [7, 11) is 6.00. The molecule has 0 radical (unpaired) electrons. The van der Waals surface area contributed by atoms with Crippen LogP contribution in [0.4, 0.5) is 10.1 Å². The third kappa shape index (κ3) is 6.63. The van der Waals surface area contributed by atoms with Gasteiger partial charge in [0.05, 0.1) is 13.1 Å². The topological polar surface area (TPSA) is 61.9 Å². The highest BCUT2D eigenvalue weighted by molar-refractivity contribution is 5.83. The molecule has 0 spiro atoms. The first-order valence-corrected chi connectivity index (χ1v) is 9.02. The van der Waals surface area contributed by atoms with Crippen molar-refractivity contribution in [1.29, 1.82) is 0 Å². The van der Waals surface area contributed by atoms with Crippen LogP contribution >= 0.6 is 0 Å². The Morgan fingerprint density at radius 1 is 1.14 bits per heavy atom.